The Morgan fingerprint density at radius 3 is 2.43 bits per heavy atom. The van der Waals surface area contributed by atoms with Crippen LogP contribution >= 0.6 is 0 Å². The zero-order valence-electron chi connectivity index (χ0n) is 12.6. The molecule has 0 aromatic heterocycles. The minimum Gasteiger partial charge on any atom is -0.381 e. The third kappa shape index (κ3) is 3.61. The quantitative estimate of drug-likeness (QED) is 0.893. The molecule has 108 valence electrons. The van der Waals surface area contributed by atoms with Crippen LogP contribution in [0.1, 0.15) is 30.5 Å². The first kappa shape index (κ1) is 15.1. The third-order valence-corrected chi connectivity index (χ3v) is 3.68. The maximum Gasteiger partial charge on any atom is 0.123 e. The molecule has 0 atom stereocenters. The van der Waals surface area contributed by atoms with Gasteiger partial charge in [0.15, 0.2) is 0 Å². The van der Waals surface area contributed by atoms with Gasteiger partial charge >= 0.3 is 0 Å². The third-order valence-electron chi connectivity index (χ3n) is 3.68. The highest BCUT2D eigenvalue weighted by atomic mass is 19.1. The number of nitrogens with zero attached hydrogens (tertiary/aromatic N) is 1. The summed E-state index contributed by atoms with van der Waals surface area (Å²) in [5, 5.41) is 12.4. The van der Waals surface area contributed by atoms with Crippen LogP contribution in [0.3, 0.4) is 0 Å². The Labute approximate surface area is 125 Å². The minimum atomic E-state index is -0.488. The second-order valence-corrected chi connectivity index (χ2v) is 5.74. The highest BCUT2D eigenvalue weighted by Crippen LogP contribution is 2.24. The van der Waals surface area contributed by atoms with Crippen molar-refractivity contribution in [3.05, 3.63) is 65.0 Å². The molecule has 0 amide bonds. The van der Waals surface area contributed by atoms with E-state index in [4.69, 9.17) is 5.26 Å². The lowest BCUT2D eigenvalue weighted by Crippen LogP contribution is -2.13. The molecule has 0 heterocycles. The van der Waals surface area contributed by atoms with E-state index in [-0.39, 0.29) is 5.82 Å². The molecule has 0 aliphatic heterocycles. The van der Waals surface area contributed by atoms with Crippen LogP contribution in [0.15, 0.2) is 42.5 Å². The van der Waals surface area contributed by atoms with Crippen molar-refractivity contribution < 1.29 is 4.39 Å². The van der Waals surface area contributed by atoms with Gasteiger partial charge in [-0.25, -0.2) is 4.39 Å². The van der Waals surface area contributed by atoms with Gasteiger partial charge in [-0.3, -0.25) is 0 Å². The van der Waals surface area contributed by atoms with Gasteiger partial charge in [0.1, 0.15) is 5.82 Å². The summed E-state index contributed by atoms with van der Waals surface area (Å²) in [5.41, 5.74) is 3.45. The van der Waals surface area contributed by atoms with E-state index in [1.165, 1.54) is 6.07 Å². The van der Waals surface area contributed by atoms with Gasteiger partial charge in [0.2, 0.25) is 0 Å². The Kier molecular flexibility index (Phi) is 4.28. The van der Waals surface area contributed by atoms with Gasteiger partial charge < -0.3 is 5.32 Å². The van der Waals surface area contributed by atoms with Gasteiger partial charge in [-0.15, -0.1) is 0 Å². The normalized spacial score (nSPS) is 11.0. The Hall–Kier alpha value is -2.34. The number of halogens is 1. The van der Waals surface area contributed by atoms with Crippen LogP contribution in [0.4, 0.5) is 10.1 Å². The van der Waals surface area contributed by atoms with Crippen molar-refractivity contribution in [2.24, 2.45) is 0 Å². The molecular weight excluding hydrogens is 263 g/mol. The fourth-order valence-corrected chi connectivity index (χ4v) is 2.10. The molecule has 0 saturated heterocycles. The first-order chi connectivity index (χ1) is 9.92. The van der Waals surface area contributed by atoms with Crippen molar-refractivity contribution in [3.8, 4) is 6.07 Å². The van der Waals surface area contributed by atoms with Crippen molar-refractivity contribution >= 4 is 5.69 Å². The summed E-state index contributed by atoms with van der Waals surface area (Å²) in [6.07, 6.45) is 0. The molecule has 0 bridgehead atoms. The summed E-state index contributed by atoms with van der Waals surface area (Å²) in [5.74, 6) is -0.219. The van der Waals surface area contributed by atoms with Gasteiger partial charge in [0.05, 0.1) is 11.5 Å². The first-order valence-corrected chi connectivity index (χ1v) is 6.93. The number of aryl methyl sites for hydroxylation is 1. The second kappa shape index (κ2) is 5.97. The molecule has 0 aliphatic rings. The average molecular weight is 282 g/mol. The van der Waals surface area contributed by atoms with E-state index >= 15 is 0 Å². The van der Waals surface area contributed by atoms with E-state index in [2.05, 4.69) is 11.4 Å². The molecule has 2 rings (SSSR count). The predicted octanol–water partition coefficient (Wildman–Crippen LogP) is 4.55. The van der Waals surface area contributed by atoms with Crippen molar-refractivity contribution in [3.63, 3.8) is 0 Å². The SMILES string of the molecule is Cc1ccc(F)cc1CNc1ccc(C(C)(C)C#N)cc1. The van der Waals surface area contributed by atoms with E-state index in [0.717, 1.165) is 22.4 Å². The lowest BCUT2D eigenvalue weighted by atomic mass is 9.86. The van der Waals surface area contributed by atoms with E-state index in [0.29, 0.717) is 6.54 Å². The first-order valence-electron chi connectivity index (χ1n) is 6.93. The molecular formula is C18H19FN2. The fraction of sp³-hybridized carbons (Fsp3) is 0.278. The second-order valence-electron chi connectivity index (χ2n) is 5.74. The molecule has 0 spiro atoms. The number of hydrogen-bond acceptors (Lipinski definition) is 2. The summed E-state index contributed by atoms with van der Waals surface area (Å²) in [4.78, 5) is 0. The summed E-state index contributed by atoms with van der Waals surface area (Å²) in [6, 6.07) is 14.9. The highest BCUT2D eigenvalue weighted by molar-refractivity contribution is 5.47. The number of rotatable bonds is 4. The molecule has 21 heavy (non-hydrogen) atoms. The molecule has 1 N–H and O–H groups in total. The molecule has 3 heteroatoms. The standard InChI is InChI=1S/C18H19FN2/c1-13-4-7-16(19)10-14(13)11-21-17-8-5-15(6-9-17)18(2,3)12-20/h4-10,21H,11H2,1-3H3. The molecule has 0 aliphatic carbocycles. The number of hydrogen-bond donors (Lipinski definition) is 1. The number of anilines is 1. The number of benzene rings is 2. The van der Waals surface area contributed by atoms with Crippen LogP contribution in [-0.4, -0.2) is 0 Å². The lowest BCUT2D eigenvalue weighted by molar-refractivity contribution is 0.625. The summed E-state index contributed by atoms with van der Waals surface area (Å²) < 4.78 is 13.2. The molecule has 0 unspecified atom stereocenters. The van der Waals surface area contributed by atoms with E-state index < -0.39 is 5.41 Å². The fourth-order valence-electron chi connectivity index (χ4n) is 2.10. The summed E-state index contributed by atoms with van der Waals surface area (Å²) in [7, 11) is 0. The van der Waals surface area contributed by atoms with Crippen LogP contribution in [0.25, 0.3) is 0 Å². The topological polar surface area (TPSA) is 35.8 Å². The Morgan fingerprint density at radius 2 is 1.81 bits per heavy atom. The molecule has 2 aromatic carbocycles. The van der Waals surface area contributed by atoms with Gasteiger partial charge in [-0.2, -0.15) is 5.26 Å². The largest absolute Gasteiger partial charge is 0.381 e. The van der Waals surface area contributed by atoms with Crippen LogP contribution in [0.2, 0.25) is 0 Å². The van der Waals surface area contributed by atoms with Gasteiger partial charge in [-0.1, -0.05) is 18.2 Å². The van der Waals surface area contributed by atoms with Crippen molar-refractivity contribution in [1.29, 1.82) is 5.26 Å². The van der Waals surface area contributed by atoms with Gasteiger partial charge in [0.25, 0.3) is 0 Å². The van der Waals surface area contributed by atoms with Gasteiger partial charge in [-0.05, 0) is 61.7 Å². The van der Waals surface area contributed by atoms with Crippen LogP contribution in [0.5, 0.6) is 0 Å². The molecule has 2 aromatic rings. The average Bonchev–Trinajstić information content (AvgIpc) is 2.48. The smallest absolute Gasteiger partial charge is 0.123 e. The van der Waals surface area contributed by atoms with E-state index in [1.54, 1.807) is 12.1 Å². The van der Waals surface area contributed by atoms with Crippen LogP contribution in [0, 0.1) is 24.1 Å². The molecule has 0 radical (unpaired) electrons. The number of nitrogens with one attached hydrogen (secondary N) is 1. The summed E-state index contributed by atoms with van der Waals surface area (Å²) >= 11 is 0. The highest BCUT2D eigenvalue weighted by Gasteiger charge is 2.18. The zero-order valence-corrected chi connectivity index (χ0v) is 12.6. The van der Waals surface area contributed by atoms with E-state index in [1.807, 2.05) is 45.0 Å². The maximum absolute atomic E-state index is 13.2. The Bertz CT molecular complexity index is 667. The van der Waals surface area contributed by atoms with Gasteiger partial charge in [0, 0.05) is 12.2 Å². The van der Waals surface area contributed by atoms with Crippen LogP contribution in [-0.2, 0) is 12.0 Å². The lowest BCUT2D eigenvalue weighted by Gasteiger charge is -2.16. The Morgan fingerprint density at radius 1 is 1.14 bits per heavy atom. The Balaban J connectivity index is 2.08. The molecule has 0 saturated carbocycles. The van der Waals surface area contributed by atoms with Crippen molar-refractivity contribution in [2.75, 3.05) is 5.32 Å². The summed E-state index contributed by atoms with van der Waals surface area (Å²) in [6.45, 7) is 6.33. The maximum atomic E-state index is 13.2. The predicted molar refractivity (Wildman–Crippen MR) is 83.5 cm³/mol. The molecule has 0 fully saturated rings. The zero-order chi connectivity index (χ0) is 15.5. The monoisotopic (exact) mass is 282 g/mol. The van der Waals surface area contributed by atoms with Crippen LogP contribution < -0.4 is 5.32 Å². The number of nitriles is 1. The van der Waals surface area contributed by atoms with E-state index in [9.17, 15) is 4.39 Å². The van der Waals surface area contributed by atoms with Crippen molar-refractivity contribution in [2.45, 2.75) is 32.7 Å². The molecule has 2 nitrogen and oxygen atoms in total. The van der Waals surface area contributed by atoms with Crippen molar-refractivity contribution in [1.82, 2.24) is 0 Å². The minimum absolute atomic E-state index is 0.219.